The number of halogens is 2. The first kappa shape index (κ1) is 17.7. The number of hydrogen-bond donors (Lipinski definition) is 1. The lowest BCUT2D eigenvalue weighted by molar-refractivity contribution is -0.137. The van der Waals surface area contributed by atoms with Crippen LogP contribution in [0, 0.1) is 5.82 Å². The maximum atomic E-state index is 12.8. The van der Waals surface area contributed by atoms with Crippen molar-refractivity contribution in [3.05, 3.63) is 30.1 Å². The van der Waals surface area contributed by atoms with Crippen molar-refractivity contribution in [3.63, 3.8) is 0 Å². The summed E-state index contributed by atoms with van der Waals surface area (Å²) in [5.74, 6) is 0.113. The van der Waals surface area contributed by atoms with Crippen LogP contribution < -0.4 is 10.5 Å². The van der Waals surface area contributed by atoms with Gasteiger partial charge in [0.15, 0.2) is 6.61 Å². The molecule has 2 unspecified atom stereocenters. The molecule has 1 aliphatic rings. The normalized spacial score (nSPS) is 19.6. The van der Waals surface area contributed by atoms with E-state index < -0.39 is 0 Å². The number of ether oxygens (including phenoxy) is 1. The number of carbonyl (C=O) groups is 1. The van der Waals surface area contributed by atoms with Gasteiger partial charge in [-0.15, -0.1) is 12.4 Å². The molecule has 0 radical (unpaired) electrons. The largest absolute Gasteiger partial charge is 0.484 e. The number of nitrogens with zero attached hydrogens (tertiary/aromatic N) is 1. The number of rotatable bonds is 4. The third kappa shape index (κ3) is 4.86. The van der Waals surface area contributed by atoms with Crippen LogP contribution in [0.5, 0.6) is 5.75 Å². The molecule has 1 saturated heterocycles. The minimum atomic E-state index is -0.322. The summed E-state index contributed by atoms with van der Waals surface area (Å²) in [6.07, 6.45) is 3.06. The van der Waals surface area contributed by atoms with Gasteiger partial charge in [0.1, 0.15) is 11.6 Å². The SMILES string of the molecule is CC(N)C1CCCCN1C(=O)COc1ccc(F)cc1.Cl. The molecular weight excluding hydrogens is 295 g/mol. The highest BCUT2D eigenvalue weighted by atomic mass is 35.5. The van der Waals surface area contributed by atoms with Crippen LogP contribution in [0.15, 0.2) is 24.3 Å². The lowest BCUT2D eigenvalue weighted by Crippen LogP contribution is -2.52. The van der Waals surface area contributed by atoms with Crippen molar-refractivity contribution >= 4 is 18.3 Å². The highest BCUT2D eigenvalue weighted by Crippen LogP contribution is 2.19. The van der Waals surface area contributed by atoms with E-state index >= 15 is 0 Å². The van der Waals surface area contributed by atoms with Gasteiger partial charge in [-0.2, -0.15) is 0 Å². The number of likely N-dealkylation sites (tertiary alicyclic amines) is 1. The Morgan fingerprint density at radius 2 is 2.10 bits per heavy atom. The third-order valence-corrected chi connectivity index (χ3v) is 3.65. The molecule has 1 aliphatic heterocycles. The van der Waals surface area contributed by atoms with E-state index in [9.17, 15) is 9.18 Å². The van der Waals surface area contributed by atoms with Crippen molar-refractivity contribution in [2.45, 2.75) is 38.3 Å². The number of piperidine rings is 1. The summed E-state index contributed by atoms with van der Waals surface area (Å²) >= 11 is 0. The molecule has 2 atom stereocenters. The highest BCUT2D eigenvalue weighted by molar-refractivity contribution is 5.85. The smallest absolute Gasteiger partial charge is 0.260 e. The Kier molecular flexibility index (Phi) is 6.92. The van der Waals surface area contributed by atoms with Crippen molar-refractivity contribution in [2.24, 2.45) is 5.73 Å². The zero-order chi connectivity index (χ0) is 14.5. The van der Waals surface area contributed by atoms with Crippen LogP contribution in [0.1, 0.15) is 26.2 Å². The second-order valence-electron chi connectivity index (χ2n) is 5.25. The Hall–Kier alpha value is -1.33. The van der Waals surface area contributed by atoms with Gasteiger partial charge < -0.3 is 15.4 Å². The van der Waals surface area contributed by atoms with Crippen molar-refractivity contribution < 1.29 is 13.9 Å². The van der Waals surface area contributed by atoms with E-state index in [-0.39, 0.29) is 42.8 Å². The van der Waals surface area contributed by atoms with Gasteiger partial charge in [-0.25, -0.2) is 4.39 Å². The minimum absolute atomic E-state index is 0. The Morgan fingerprint density at radius 1 is 1.43 bits per heavy atom. The number of hydrogen-bond acceptors (Lipinski definition) is 3. The summed E-state index contributed by atoms with van der Waals surface area (Å²) < 4.78 is 18.2. The van der Waals surface area contributed by atoms with E-state index in [1.807, 2.05) is 11.8 Å². The molecular formula is C15H22ClFN2O2. The number of carbonyl (C=O) groups excluding carboxylic acids is 1. The minimum Gasteiger partial charge on any atom is -0.484 e. The fourth-order valence-corrected chi connectivity index (χ4v) is 2.57. The second kappa shape index (κ2) is 8.20. The van der Waals surface area contributed by atoms with Gasteiger partial charge in [0.25, 0.3) is 5.91 Å². The van der Waals surface area contributed by atoms with Crippen LogP contribution in [0.3, 0.4) is 0 Å². The van der Waals surface area contributed by atoms with E-state index in [0.29, 0.717) is 5.75 Å². The van der Waals surface area contributed by atoms with Crippen LogP contribution in [-0.4, -0.2) is 36.0 Å². The van der Waals surface area contributed by atoms with Gasteiger partial charge >= 0.3 is 0 Å². The summed E-state index contributed by atoms with van der Waals surface area (Å²) in [6, 6.07) is 5.71. The molecule has 6 heteroatoms. The maximum absolute atomic E-state index is 12.8. The van der Waals surface area contributed by atoms with Gasteiger partial charge in [0.05, 0.1) is 0 Å². The van der Waals surface area contributed by atoms with Gasteiger partial charge in [-0.1, -0.05) is 0 Å². The van der Waals surface area contributed by atoms with Gasteiger partial charge in [0, 0.05) is 18.6 Å². The summed E-state index contributed by atoms with van der Waals surface area (Å²) in [6.45, 7) is 2.63. The summed E-state index contributed by atoms with van der Waals surface area (Å²) in [5.41, 5.74) is 5.94. The monoisotopic (exact) mass is 316 g/mol. The molecule has 21 heavy (non-hydrogen) atoms. The zero-order valence-electron chi connectivity index (χ0n) is 12.1. The fourth-order valence-electron chi connectivity index (χ4n) is 2.57. The molecule has 0 spiro atoms. The number of benzene rings is 1. The van der Waals surface area contributed by atoms with E-state index in [2.05, 4.69) is 0 Å². The van der Waals surface area contributed by atoms with Crippen molar-refractivity contribution in [3.8, 4) is 5.75 Å². The van der Waals surface area contributed by atoms with E-state index in [1.165, 1.54) is 24.3 Å². The Morgan fingerprint density at radius 3 is 2.71 bits per heavy atom. The molecule has 1 fully saturated rings. The van der Waals surface area contributed by atoms with Crippen molar-refractivity contribution in [1.29, 1.82) is 0 Å². The van der Waals surface area contributed by atoms with E-state index in [1.54, 1.807) is 0 Å². The molecule has 1 amide bonds. The average Bonchev–Trinajstić information content (AvgIpc) is 2.46. The summed E-state index contributed by atoms with van der Waals surface area (Å²) in [7, 11) is 0. The predicted octanol–water partition coefficient (Wildman–Crippen LogP) is 2.35. The molecule has 1 heterocycles. The van der Waals surface area contributed by atoms with Crippen molar-refractivity contribution in [2.75, 3.05) is 13.2 Å². The first-order valence-electron chi connectivity index (χ1n) is 7.01. The topological polar surface area (TPSA) is 55.6 Å². The average molecular weight is 317 g/mol. The lowest BCUT2D eigenvalue weighted by atomic mass is 9.97. The summed E-state index contributed by atoms with van der Waals surface area (Å²) in [5, 5.41) is 0. The van der Waals surface area contributed by atoms with Crippen LogP contribution in [-0.2, 0) is 4.79 Å². The molecule has 1 aromatic carbocycles. The predicted molar refractivity (Wildman–Crippen MR) is 82.1 cm³/mol. The summed E-state index contributed by atoms with van der Waals surface area (Å²) in [4.78, 5) is 14.0. The second-order valence-corrected chi connectivity index (χ2v) is 5.25. The molecule has 1 aromatic rings. The molecule has 0 saturated carbocycles. The number of nitrogens with two attached hydrogens (primary N) is 1. The van der Waals surface area contributed by atoms with Gasteiger partial charge in [-0.3, -0.25) is 4.79 Å². The van der Waals surface area contributed by atoms with Crippen LogP contribution >= 0.6 is 12.4 Å². The third-order valence-electron chi connectivity index (χ3n) is 3.65. The Bertz CT molecular complexity index is 453. The Labute approximate surface area is 130 Å². The van der Waals surface area contributed by atoms with Crippen molar-refractivity contribution in [1.82, 2.24) is 4.90 Å². The van der Waals surface area contributed by atoms with Crippen LogP contribution in [0.25, 0.3) is 0 Å². The fraction of sp³-hybridized carbons (Fsp3) is 0.533. The molecule has 2 rings (SSSR count). The van der Waals surface area contributed by atoms with E-state index in [4.69, 9.17) is 10.5 Å². The van der Waals surface area contributed by atoms with Crippen LogP contribution in [0.2, 0.25) is 0 Å². The Balaban J connectivity index is 0.00000220. The standard InChI is InChI=1S/C15H21FN2O2.ClH/c1-11(17)14-4-2-3-9-18(14)15(19)10-20-13-7-5-12(16)6-8-13;/h5-8,11,14H,2-4,9-10,17H2,1H3;1H. The quantitative estimate of drug-likeness (QED) is 0.927. The molecule has 118 valence electrons. The van der Waals surface area contributed by atoms with Gasteiger partial charge in [-0.05, 0) is 50.5 Å². The lowest BCUT2D eigenvalue weighted by Gasteiger charge is -2.38. The zero-order valence-corrected chi connectivity index (χ0v) is 12.9. The van der Waals surface area contributed by atoms with E-state index in [0.717, 1.165) is 25.8 Å². The molecule has 2 N–H and O–H groups in total. The molecule has 0 aromatic heterocycles. The number of amides is 1. The molecule has 4 nitrogen and oxygen atoms in total. The van der Waals surface area contributed by atoms with Gasteiger partial charge in [0.2, 0.25) is 0 Å². The first-order chi connectivity index (χ1) is 9.58. The van der Waals surface area contributed by atoms with Crippen LogP contribution in [0.4, 0.5) is 4.39 Å². The highest BCUT2D eigenvalue weighted by Gasteiger charge is 2.29. The molecule has 0 aliphatic carbocycles. The maximum Gasteiger partial charge on any atom is 0.260 e. The first-order valence-corrected chi connectivity index (χ1v) is 7.01. The molecule has 0 bridgehead atoms.